The van der Waals surface area contributed by atoms with Gasteiger partial charge in [0, 0.05) is 5.69 Å². The zero-order valence-corrected chi connectivity index (χ0v) is 16.4. The van der Waals surface area contributed by atoms with E-state index in [0.717, 1.165) is 5.56 Å². The fourth-order valence-corrected chi connectivity index (χ4v) is 3.05. The molecule has 0 aliphatic carbocycles. The Balaban J connectivity index is 1.91. The van der Waals surface area contributed by atoms with Crippen LogP contribution >= 0.6 is 0 Å². The van der Waals surface area contributed by atoms with Crippen LogP contribution in [0.2, 0.25) is 0 Å². The van der Waals surface area contributed by atoms with Crippen LogP contribution in [0.5, 0.6) is 0 Å². The molecule has 7 nitrogen and oxygen atoms in total. The molecule has 3 aromatic rings. The molecule has 28 heavy (non-hydrogen) atoms. The van der Waals surface area contributed by atoms with E-state index in [0.29, 0.717) is 28.1 Å². The monoisotopic (exact) mass is 381 g/mol. The summed E-state index contributed by atoms with van der Waals surface area (Å²) in [6.45, 7) is 7.12. The van der Waals surface area contributed by atoms with Crippen LogP contribution in [0.25, 0.3) is 11.1 Å². The molecule has 1 aromatic carbocycles. The molecule has 2 heterocycles. The van der Waals surface area contributed by atoms with E-state index < -0.39 is 6.04 Å². The second kappa shape index (κ2) is 8.21. The van der Waals surface area contributed by atoms with Crippen molar-refractivity contribution in [2.45, 2.75) is 46.3 Å². The topological polar surface area (TPSA) is 94.3 Å². The first-order valence-electron chi connectivity index (χ1n) is 9.14. The second-order valence-corrected chi connectivity index (χ2v) is 6.94. The summed E-state index contributed by atoms with van der Waals surface area (Å²) in [5.74, 6) is -0.700. The number of nitrogens with zero attached hydrogens (tertiary/aromatic N) is 2. The average molecular weight is 381 g/mol. The van der Waals surface area contributed by atoms with Gasteiger partial charge in [-0.05, 0) is 39.3 Å². The van der Waals surface area contributed by atoms with E-state index in [2.05, 4.69) is 15.5 Å². The number of fused-ring (bicyclic) bond motifs is 1. The molecule has 0 bridgehead atoms. The Hall–Kier alpha value is -3.22. The lowest BCUT2D eigenvalue weighted by Gasteiger charge is -2.20. The largest absolute Gasteiger partial charge is 0.463 e. The molecule has 0 saturated heterocycles. The lowest BCUT2D eigenvalue weighted by molar-refractivity contribution is -0.147. The molecule has 146 valence electrons. The SMILES string of the molecule is Cc1cc(C(=O)N[C@H](CC(=O)OC(C)C)c2ccccc2)c2c(C)noc2n1. The smallest absolute Gasteiger partial charge is 0.308 e. The predicted molar refractivity (Wildman–Crippen MR) is 104 cm³/mol. The Labute approximate surface area is 163 Å². The summed E-state index contributed by atoms with van der Waals surface area (Å²) in [5, 5.41) is 7.43. The van der Waals surface area contributed by atoms with Crippen molar-refractivity contribution in [3.8, 4) is 0 Å². The van der Waals surface area contributed by atoms with Crippen molar-refractivity contribution in [3.05, 3.63) is 58.9 Å². The molecule has 2 aromatic heterocycles. The minimum absolute atomic E-state index is 0.0315. The van der Waals surface area contributed by atoms with Gasteiger partial charge < -0.3 is 14.6 Å². The van der Waals surface area contributed by atoms with E-state index in [1.165, 1.54) is 0 Å². The number of amides is 1. The van der Waals surface area contributed by atoms with E-state index in [-0.39, 0.29) is 24.4 Å². The van der Waals surface area contributed by atoms with Crippen molar-refractivity contribution in [1.82, 2.24) is 15.5 Å². The molecule has 7 heteroatoms. The van der Waals surface area contributed by atoms with Crippen molar-refractivity contribution >= 4 is 23.0 Å². The molecule has 0 unspecified atom stereocenters. The Bertz CT molecular complexity index is 996. The summed E-state index contributed by atoms with van der Waals surface area (Å²) >= 11 is 0. The highest BCUT2D eigenvalue weighted by atomic mass is 16.5. The third kappa shape index (κ3) is 4.36. The number of ether oxygens (including phenoxy) is 1. The highest BCUT2D eigenvalue weighted by Gasteiger charge is 2.23. The number of carbonyl (C=O) groups is 2. The van der Waals surface area contributed by atoms with Crippen molar-refractivity contribution in [3.63, 3.8) is 0 Å². The molecule has 0 aliphatic rings. The minimum Gasteiger partial charge on any atom is -0.463 e. The zero-order chi connectivity index (χ0) is 20.3. The molecule has 0 spiro atoms. The molecule has 3 rings (SSSR count). The Kier molecular flexibility index (Phi) is 5.73. The number of hydrogen-bond acceptors (Lipinski definition) is 6. The number of pyridine rings is 1. The highest BCUT2D eigenvalue weighted by Crippen LogP contribution is 2.24. The van der Waals surface area contributed by atoms with Gasteiger partial charge in [-0.15, -0.1) is 0 Å². The van der Waals surface area contributed by atoms with Gasteiger partial charge in [0.1, 0.15) is 0 Å². The van der Waals surface area contributed by atoms with Gasteiger partial charge >= 0.3 is 5.97 Å². The Morgan fingerprint density at radius 1 is 1.18 bits per heavy atom. The van der Waals surface area contributed by atoms with Crippen molar-refractivity contribution in [2.75, 3.05) is 0 Å². The van der Waals surface area contributed by atoms with Crippen LogP contribution in [0, 0.1) is 13.8 Å². The van der Waals surface area contributed by atoms with Crippen LogP contribution in [0.1, 0.15) is 53.6 Å². The van der Waals surface area contributed by atoms with Gasteiger partial charge in [0.15, 0.2) is 0 Å². The quantitative estimate of drug-likeness (QED) is 0.655. The predicted octanol–water partition coefficient (Wildman–Crippen LogP) is 3.65. The molecule has 0 radical (unpaired) electrons. The highest BCUT2D eigenvalue weighted by molar-refractivity contribution is 6.06. The number of benzene rings is 1. The molecular weight excluding hydrogens is 358 g/mol. The summed E-state index contributed by atoms with van der Waals surface area (Å²) in [4.78, 5) is 29.6. The van der Waals surface area contributed by atoms with Gasteiger partial charge in [0.25, 0.3) is 11.6 Å². The van der Waals surface area contributed by atoms with E-state index in [1.54, 1.807) is 33.8 Å². The molecule has 0 aliphatic heterocycles. The maximum atomic E-state index is 13.1. The van der Waals surface area contributed by atoms with Crippen LogP contribution in [-0.4, -0.2) is 28.1 Å². The molecular formula is C21H23N3O4. The lowest BCUT2D eigenvalue weighted by atomic mass is 10.0. The number of rotatable bonds is 6. The summed E-state index contributed by atoms with van der Waals surface area (Å²) in [6, 6.07) is 10.5. The first-order valence-corrected chi connectivity index (χ1v) is 9.14. The van der Waals surface area contributed by atoms with Crippen molar-refractivity contribution in [2.24, 2.45) is 0 Å². The van der Waals surface area contributed by atoms with Crippen molar-refractivity contribution < 1.29 is 18.8 Å². The van der Waals surface area contributed by atoms with Gasteiger partial charge in [-0.1, -0.05) is 35.5 Å². The third-order valence-corrected chi connectivity index (χ3v) is 4.24. The van der Waals surface area contributed by atoms with E-state index in [4.69, 9.17) is 9.26 Å². The molecule has 1 N–H and O–H groups in total. The number of hydrogen-bond donors (Lipinski definition) is 1. The van der Waals surface area contributed by atoms with E-state index in [9.17, 15) is 9.59 Å². The fraction of sp³-hybridized carbons (Fsp3) is 0.333. The van der Waals surface area contributed by atoms with Gasteiger partial charge in [0.05, 0.1) is 35.2 Å². The third-order valence-electron chi connectivity index (χ3n) is 4.24. The first-order chi connectivity index (χ1) is 13.3. The summed E-state index contributed by atoms with van der Waals surface area (Å²) in [6.07, 6.45) is -0.189. The lowest BCUT2D eigenvalue weighted by Crippen LogP contribution is -2.31. The van der Waals surface area contributed by atoms with Gasteiger partial charge in [-0.3, -0.25) is 9.59 Å². The Morgan fingerprint density at radius 3 is 2.57 bits per heavy atom. The number of carbonyl (C=O) groups excluding carboxylic acids is 2. The maximum Gasteiger partial charge on any atom is 0.308 e. The average Bonchev–Trinajstić information content (AvgIpc) is 3.01. The summed E-state index contributed by atoms with van der Waals surface area (Å²) < 4.78 is 10.5. The standard InChI is InChI=1S/C21H23N3O4/c1-12(2)27-18(25)11-17(15-8-6-5-7-9-15)23-20(26)16-10-13(3)22-21-19(16)14(4)24-28-21/h5-10,12,17H,11H2,1-4H3,(H,23,26)/t17-/m1/s1. The van der Waals surface area contributed by atoms with E-state index >= 15 is 0 Å². The van der Waals surface area contributed by atoms with Crippen LogP contribution in [0.3, 0.4) is 0 Å². The van der Waals surface area contributed by atoms with Crippen LogP contribution in [0.4, 0.5) is 0 Å². The fourth-order valence-electron chi connectivity index (χ4n) is 3.05. The van der Waals surface area contributed by atoms with Gasteiger partial charge in [-0.25, -0.2) is 4.98 Å². The van der Waals surface area contributed by atoms with Crippen LogP contribution < -0.4 is 5.32 Å². The van der Waals surface area contributed by atoms with Gasteiger partial charge in [0.2, 0.25) is 0 Å². The summed E-state index contributed by atoms with van der Waals surface area (Å²) in [7, 11) is 0. The van der Waals surface area contributed by atoms with Crippen LogP contribution in [0.15, 0.2) is 40.9 Å². The maximum absolute atomic E-state index is 13.1. The summed E-state index contributed by atoms with van der Waals surface area (Å²) in [5.41, 5.74) is 2.78. The number of nitrogens with one attached hydrogen (secondary N) is 1. The second-order valence-electron chi connectivity index (χ2n) is 6.94. The minimum atomic E-state index is -0.524. The van der Waals surface area contributed by atoms with Gasteiger partial charge in [-0.2, -0.15) is 0 Å². The normalized spacial score (nSPS) is 12.2. The van der Waals surface area contributed by atoms with Crippen LogP contribution in [-0.2, 0) is 9.53 Å². The molecule has 1 atom stereocenters. The van der Waals surface area contributed by atoms with E-state index in [1.807, 2.05) is 30.3 Å². The number of aryl methyl sites for hydroxylation is 2. The number of esters is 1. The molecule has 0 saturated carbocycles. The zero-order valence-electron chi connectivity index (χ0n) is 16.4. The number of aromatic nitrogens is 2. The van der Waals surface area contributed by atoms with Crippen molar-refractivity contribution in [1.29, 1.82) is 0 Å². The molecule has 1 amide bonds. The Morgan fingerprint density at radius 2 is 1.89 bits per heavy atom. The first kappa shape index (κ1) is 19.5. The molecule has 0 fully saturated rings.